The Labute approximate surface area is 132 Å². The number of nitrogens with one attached hydrogen (secondary N) is 1. The monoisotopic (exact) mass is 303 g/mol. The smallest absolute Gasteiger partial charge is 0.118 e. The van der Waals surface area contributed by atoms with Crippen LogP contribution >= 0.6 is 11.6 Å². The summed E-state index contributed by atoms with van der Waals surface area (Å²) in [5, 5.41) is 4.40. The van der Waals surface area contributed by atoms with Crippen LogP contribution in [-0.4, -0.2) is 13.7 Å². The Bertz CT molecular complexity index is 580. The molecule has 2 nitrogen and oxygen atoms in total. The normalized spacial score (nSPS) is 12.2. The minimum absolute atomic E-state index is 0.147. The third kappa shape index (κ3) is 3.99. The number of aryl methyl sites for hydroxylation is 1. The number of methoxy groups -OCH3 is 1. The van der Waals surface area contributed by atoms with Crippen LogP contribution in [0.4, 0.5) is 0 Å². The summed E-state index contributed by atoms with van der Waals surface area (Å²) in [4.78, 5) is 0. The van der Waals surface area contributed by atoms with Gasteiger partial charge >= 0.3 is 0 Å². The van der Waals surface area contributed by atoms with Gasteiger partial charge in [-0.1, -0.05) is 42.8 Å². The standard InChI is InChI=1S/C18H22ClNO/c1-4-11-20-18(14-7-9-16(21-3)10-8-14)15-6-5-13(2)17(19)12-15/h5-10,12,18,20H,4,11H2,1-3H3. The molecule has 1 unspecified atom stereocenters. The zero-order valence-electron chi connectivity index (χ0n) is 12.8. The SMILES string of the molecule is CCCNC(c1ccc(OC)cc1)c1ccc(C)c(Cl)c1. The lowest BCUT2D eigenvalue weighted by Gasteiger charge is -2.20. The Kier molecular flexibility index (Phi) is 5.66. The molecule has 0 aliphatic rings. The van der Waals surface area contributed by atoms with E-state index in [2.05, 4.69) is 42.6 Å². The first kappa shape index (κ1) is 15.9. The molecule has 0 fully saturated rings. The lowest BCUT2D eigenvalue weighted by molar-refractivity contribution is 0.414. The van der Waals surface area contributed by atoms with Gasteiger partial charge in [0.15, 0.2) is 0 Å². The molecule has 1 N–H and O–H groups in total. The predicted octanol–water partition coefficient (Wildman–Crippen LogP) is 4.75. The fraction of sp³-hybridized carbons (Fsp3) is 0.333. The highest BCUT2D eigenvalue weighted by molar-refractivity contribution is 6.31. The second-order valence-corrected chi connectivity index (χ2v) is 5.58. The van der Waals surface area contributed by atoms with E-state index in [0.29, 0.717) is 0 Å². The maximum absolute atomic E-state index is 6.28. The second-order valence-electron chi connectivity index (χ2n) is 5.17. The lowest BCUT2D eigenvalue weighted by atomic mass is 9.97. The lowest BCUT2D eigenvalue weighted by Crippen LogP contribution is -2.23. The molecule has 0 spiro atoms. The summed E-state index contributed by atoms with van der Waals surface area (Å²) < 4.78 is 5.23. The minimum atomic E-state index is 0.147. The molecule has 0 aliphatic heterocycles. The molecular formula is C18H22ClNO. The van der Waals surface area contributed by atoms with Crippen LogP contribution in [0.2, 0.25) is 5.02 Å². The van der Waals surface area contributed by atoms with Gasteiger partial charge in [0.05, 0.1) is 13.2 Å². The van der Waals surface area contributed by atoms with Crippen LogP contribution in [0.5, 0.6) is 5.75 Å². The van der Waals surface area contributed by atoms with Crippen LogP contribution in [0.1, 0.15) is 36.1 Å². The van der Waals surface area contributed by atoms with E-state index in [0.717, 1.165) is 29.3 Å². The number of hydrogen-bond donors (Lipinski definition) is 1. The predicted molar refractivity (Wildman–Crippen MR) is 89.3 cm³/mol. The summed E-state index contributed by atoms with van der Waals surface area (Å²) in [6.45, 7) is 5.15. The van der Waals surface area contributed by atoms with Gasteiger partial charge in [-0.15, -0.1) is 0 Å². The van der Waals surface area contributed by atoms with Crippen LogP contribution in [0, 0.1) is 6.92 Å². The van der Waals surface area contributed by atoms with E-state index in [1.807, 2.05) is 19.1 Å². The molecule has 21 heavy (non-hydrogen) atoms. The van der Waals surface area contributed by atoms with Gasteiger partial charge in [0.2, 0.25) is 0 Å². The van der Waals surface area contributed by atoms with E-state index < -0.39 is 0 Å². The van der Waals surface area contributed by atoms with Gasteiger partial charge in [-0.05, 0) is 54.8 Å². The molecule has 112 valence electrons. The van der Waals surface area contributed by atoms with Crippen molar-refractivity contribution in [2.24, 2.45) is 0 Å². The summed E-state index contributed by atoms with van der Waals surface area (Å²) in [6, 6.07) is 14.6. The van der Waals surface area contributed by atoms with Crippen LogP contribution < -0.4 is 10.1 Å². The molecule has 2 aromatic rings. The number of halogens is 1. The largest absolute Gasteiger partial charge is 0.497 e. The third-order valence-electron chi connectivity index (χ3n) is 3.58. The van der Waals surface area contributed by atoms with Gasteiger partial charge in [-0.2, -0.15) is 0 Å². The van der Waals surface area contributed by atoms with Crippen LogP contribution in [0.25, 0.3) is 0 Å². The van der Waals surface area contributed by atoms with Crippen molar-refractivity contribution in [2.45, 2.75) is 26.3 Å². The summed E-state index contributed by atoms with van der Waals surface area (Å²) >= 11 is 6.28. The van der Waals surface area contributed by atoms with E-state index in [1.165, 1.54) is 11.1 Å². The third-order valence-corrected chi connectivity index (χ3v) is 3.98. The maximum atomic E-state index is 6.28. The van der Waals surface area contributed by atoms with E-state index in [9.17, 15) is 0 Å². The van der Waals surface area contributed by atoms with Gasteiger partial charge in [0.25, 0.3) is 0 Å². The quantitative estimate of drug-likeness (QED) is 0.832. The molecule has 0 aromatic heterocycles. The summed E-state index contributed by atoms with van der Waals surface area (Å²) in [5.41, 5.74) is 3.50. The van der Waals surface area contributed by atoms with Crippen LogP contribution in [-0.2, 0) is 0 Å². The Morgan fingerprint density at radius 1 is 1.10 bits per heavy atom. The zero-order valence-corrected chi connectivity index (χ0v) is 13.6. The van der Waals surface area contributed by atoms with E-state index >= 15 is 0 Å². The fourth-order valence-electron chi connectivity index (χ4n) is 2.30. The highest BCUT2D eigenvalue weighted by Crippen LogP contribution is 2.27. The number of benzene rings is 2. The number of ether oxygens (including phenoxy) is 1. The number of rotatable bonds is 6. The van der Waals surface area contributed by atoms with Crippen molar-refractivity contribution in [1.82, 2.24) is 5.32 Å². The van der Waals surface area contributed by atoms with E-state index in [-0.39, 0.29) is 6.04 Å². The molecule has 2 aromatic carbocycles. The summed E-state index contributed by atoms with van der Waals surface area (Å²) in [5.74, 6) is 0.870. The molecule has 0 saturated heterocycles. The summed E-state index contributed by atoms with van der Waals surface area (Å²) in [7, 11) is 1.68. The molecule has 0 saturated carbocycles. The van der Waals surface area contributed by atoms with E-state index in [4.69, 9.17) is 16.3 Å². The first-order valence-electron chi connectivity index (χ1n) is 7.29. The second kappa shape index (κ2) is 7.48. The van der Waals surface area contributed by atoms with Crippen molar-refractivity contribution in [2.75, 3.05) is 13.7 Å². The number of hydrogen-bond acceptors (Lipinski definition) is 2. The van der Waals surface area contributed by atoms with Crippen molar-refractivity contribution < 1.29 is 4.74 Å². The highest BCUT2D eigenvalue weighted by atomic mass is 35.5. The average Bonchev–Trinajstić information content (AvgIpc) is 2.51. The van der Waals surface area contributed by atoms with Gasteiger partial charge in [-0.25, -0.2) is 0 Å². The maximum Gasteiger partial charge on any atom is 0.118 e. The molecule has 1 atom stereocenters. The van der Waals surface area contributed by atoms with Gasteiger partial charge in [-0.3, -0.25) is 0 Å². The molecule has 0 radical (unpaired) electrons. The van der Waals surface area contributed by atoms with Gasteiger partial charge in [0, 0.05) is 5.02 Å². The molecule has 0 heterocycles. The first-order valence-corrected chi connectivity index (χ1v) is 7.67. The molecular weight excluding hydrogens is 282 g/mol. The molecule has 3 heteroatoms. The van der Waals surface area contributed by atoms with Crippen LogP contribution in [0.15, 0.2) is 42.5 Å². The fourth-order valence-corrected chi connectivity index (χ4v) is 2.49. The zero-order chi connectivity index (χ0) is 15.2. The van der Waals surface area contributed by atoms with Crippen molar-refractivity contribution in [3.63, 3.8) is 0 Å². The molecule has 0 bridgehead atoms. The van der Waals surface area contributed by atoms with E-state index in [1.54, 1.807) is 7.11 Å². The van der Waals surface area contributed by atoms with Gasteiger partial charge in [0.1, 0.15) is 5.75 Å². The molecule has 0 amide bonds. The molecule has 0 aliphatic carbocycles. The molecule has 2 rings (SSSR count). The average molecular weight is 304 g/mol. The topological polar surface area (TPSA) is 21.3 Å². The summed E-state index contributed by atoms with van der Waals surface area (Å²) in [6.07, 6.45) is 1.09. The Morgan fingerprint density at radius 2 is 1.76 bits per heavy atom. The van der Waals surface area contributed by atoms with Crippen molar-refractivity contribution in [3.05, 3.63) is 64.2 Å². The van der Waals surface area contributed by atoms with Crippen molar-refractivity contribution in [3.8, 4) is 5.75 Å². The minimum Gasteiger partial charge on any atom is -0.497 e. The van der Waals surface area contributed by atoms with Crippen molar-refractivity contribution >= 4 is 11.6 Å². The Hall–Kier alpha value is -1.51. The Morgan fingerprint density at radius 3 is 2.33 bits per heavy atom. The first-order chi connectivity index (χ1) is 10.2. The Balaban J connectivity index is 2.33. The van der Waals surface area contributed by atoms with Crippen LogP contribution in [0.3, 0.4) is 0 Å². The van der Waals surface area contributed by atoms with Crippen molar-refractivity contribution in [1.29, 1.82) is 0 Å². The van der Waals surface area contributed by atoms with Gasteiger partial charge < -0.3 is 10.1 Å². The highest BCUT2D eigenvalue weighted by Gasteiger charge is 2.14.